The Labute approximate surface area is 125 Å². The quantitative estimate of drug-likeness (QED) is 0.765. The van der Waals surface area contributed by atoms with Gasteiger partial charge in [0.25, 0.3) is 0 Å². The third-order valence-electron chi connectivity index (χ3n) is 2.75. The second-order valence-corrected chi connectivity index (χ2v) is 5.84. The third-order valence-corrected chi connectivity index (χ3v) is 2.75. The lowest BCUT2D eigenvalue weighted by Crippen LogP contribution is -2.46. The predicted octanol–water partition coefficient (Wildman–Crippen LogP) is 1.01. The summed E-state index contributed by atoms with van der Waals surface area (Å²) in [4.78, 5) is 25.7. The zero-order valence-corrected chi connectivity index (χ0v) is 13.3. The van der Waals surface area contributed by atoms with Crippen LogP contribution in [0.4, 0.5) is 5.82 Å². The van der Waals surface area contributed by atoms with Crippen molar-refractivity contribution in [1.29, 1.82) is 0 Å². The molecule has 1 atom stereocenters. The van der Waals surface area contributed by atoms with Crippen LogP contribution in [0.2, 0.25) is 0 Å². The van der Waals surface area contributed by atoms with Crippen LogP contribution in [0.3, 0.4) is 0 Å². The zero-order valence-electron chi connectivity index (χ0n) is 13.3. The summed E-state index contributed by atoms with van der Waals surface area (Å²) in [5.41, 5.74) is 0. The highest BCUT2D eigenvalue weighted by molar-refractivity contribution is 6.39. The molecule has 1 rings (SSSR count). The summed E-state index contributed by atoms with van der Waals surface area (Å²) in [7, 11) is 3.86. The van der Waals surface area contributed by atoms with E-state index in [-0.39, 0.29) is 11.9 Å². The second-order valence-electron chi connectivity index (χ2n) is 5.84. The van der Waals surface area contributed by atoms with Crippen LogP contribution in [-0.4, -0.2) is 48.6 Å². The number of carbonyl (C=O) groups is 2. The smallest absolute Gasteiger partial charge is 0.314 e. The number of hydrogen-bond donors (Lipinski definition) is 2. The van der Waals surface area contributed by atoms with E-state index >= 15 is 0 Å². The van der Waals surface area contributed by atoms with Gasteiger partial charge >= 0.3 is 11.8 Å². The summed E-state index contributed by atoms with van der Waals surface area (Å²) in [5.74, 6) is -0.174. The van der Waals surface area contributed by atoms with Crippen molar-refractivity contribution in [1.82, 2.24) is 15.4 Å². The van der Waals surface area contributed by atoms with Crippen molar-refractivity contribution in [2.45, 2.75) is 33.2 Å². The molecule has 7 nitrogen and oxygen atoms in total. The summed E-state index contributed by atoms with van der Waals surface area (Å²) in [6.07, 6.45) is 0.806. The molecule has 0 aliphatic heterocycles. The third kappa shape index (κ3) is 6.40. The predicted molar refractivity (Wildman–Crippen MR) is 79.8 cm³/mol. The minimum atomic E-state index is -0.740. The van der Waals surface area contributed by atoms with E-state index < -0.39 is 11.8 Å². The first kappa shape index (κ1) is 17.2. The zero-order chi connectivity index (χ0) is 16.0. The minimum absolute atomic E-state index is 0.0719. The first-order valence-corrected chi connectivity index (χ1v) is 6.97. The summed E-state index contributed by atoms with van der Waals surface area (Å²) in [5, 5.41) is 8.78. The Morgan fingerprint density at radius 1 is 1.33 bits per heavy atom. The van der Waals surface area contributed by atoms with Gasteiger partial charge in [0.1, 0.15) is 5.76 Å². The van der Waals surface area contributed by atoms with Crippen LogP contribution in [0.25, 0.3) is 0 Å². The number of hydrogen-bond acceptors (Lipinski definition) is 5. The molecule has 2 amide bonds. The number of nitrogens with zero attached hydrogens (tertiary/aromatic N) is 2. The fraction of sp³-hybridized carbons (Fsp3) is 0.643. The standard InChI is InChI=1S/C14H24N4O3/c1-9(2)6-11(8-18(4)5)15-13(19)14(20)16-12-7-10(3)21-17-12/h7,9,11H,6,8H2,1-5H3,(H,15,19)(H,16,17,20). The first-order chi connectivity index (χ1) is 9.77. The largest absolute Gasteiger partial charge is 0.360 e. The van der Waals surface area contributed by atoms with E-state index in [0.717, 1.165) is 6.42 Å². The molecular weight excluding hydrogens is 272 g/mol. The lowest BCUT2D eigenvalue weighted by molar-refractivity contribution is -0.136. The van der Waals surface area contributed by atoms with E-state index in [2.05, 4.69) is 29.6 Å². The van der Waals surface area contributed by atoms with E-state index in [9.17, 15) is 9.59 Å². The molecule has 0 fully saturated rings. The van der Waals surface area contributed by atoms with E-state index in [1.807, 2.05) is 19.0 Å². The molecular formula is C14H24N4O3. The molecule has 0 radical (unpaired) electrons. The molecule has 0 saturated carbocycles. The van der Waals surface area contributed by atoms with Crippen LogP contribution < -0.4 is 10.6 Å². The van der Waals surface area contributed by atoms with Gasteiger partial charge in [-0.15, -0.1) is 0 Å². The van der Waals surface area contributed by atoms with Crippen molar-refractivity contribution in [3.8, 4) is 0 Å². The maximum atomic E-state index is 11.9. The minimum Gasteiger partial charge on any atom is -0.360 e. The lowest BCUT2D eigenvalue weighted by atomic mass is 10.0. The molecule has 0 aliphatic carbocycles. The maximum Gasteiger partial charge on any atom is 0.314 e. The number of anilines is 1. The normalized spacial score (nSPS) is 12.5. The molecule has 0 saturated heterocycles. The molecule has 118 valence electrons. The molecule has 1 unspecified atom stereocenters. The van der Waals surface area contributed by atoms with E-state index in [1.165, 1.54) is 0 Å². The lowest BCUT2D eigenvalue weighted by Gasteiger charge is -2.23. The average molecular weight is 296 g/mol. The number of carbonyl (C=O) groups excluding carboxylic acids is 2. The molecule has 1 aromatic heterocycles. The van der Waals surface area contributed by atoms with Gasteiger partial charge in [0.2, 0.25) is 0 Å². The highest BCUT2D eigenvalue weighted by Gasteiger charge is 2.21. The summed E-state index contributed by atoms with van der Waals surface area (Å²) < 4.78 is 4.83. The van der Waals surface area contributed by atoms with E-state index in [0.29, 0.717) is 18.2 Å². The highest BCUT2D eigenvalue weighted by atomic mass is 16.5. The van der Waals surface area contributed by atoms with Gasteiger partial charge in [0.15, 0.2) is 5.82 Å². The second kappa shape index (κ2) is 7.78. The maximum absolute atomic E-state index is 11.9. The Kier molecular flexibility index (Phi) is 6.36. The fourth-order valence-electron chi connectivity index (χ4n) is 2.04. The Hall–Kier alpha value is -1.89. The number of aromatic nitrogens is 1. The van der Waals surface area contributed by atoms with Crippen LogP contribution in [0.15, 0.2) is 10.6 Å². The fourth-order valence-corrected chi connectivity index (χ4v) is 2.04. The van der Waals surface area contributed by atoms with Crippen LogP contribution in [-0.2, 0) is 9.59 Å². The van der Waals surface area contributed by atoms with Crippen molar-refractivity contribution in [2.75, 3.05) is 26.0 Å². The average Bonchev–Trinajstić information content (AvgIpc) is 2.72. The van der Waals surface area contributed by atoms with Gasteiger partial charge in [-0.1, -0.05) is 19.0 Å². The Balaban J connectivity index is 2.56. The van der Waals surface area contributed by atoms with Crippen molar-refractivity contribution >= 4 is 17.6 Å². The van der Waals surface area contributed by atoms with Crippen LogP contribution >= 0.6 is 0 Å². The van der Waals surface area contributed by atoms with Crippen molar-refractivity contribution < 1.29 is 14.1 Å². The van der Waals surface area contributed by atoms with Crippen LogP contribution in [0, 0.1) is 12.8 Å². The van der Waals surface area contributed by atoms with Gasteiger partial charge in [0.05, 0.1) is 0 Å². The highest BCUT2D eigenvalue weighted by Crippen LogP contribution is 2.08. The molecule has 1 aromatic rings. The van der Waals surface area contributed by atoms with Crippen molar-refractivity contribution in [3.05, 3.63) is 11.8 Å². The summed E-state index contributed by atoms with van der Waals surface area (Å²) in [6.45, 7) is 6.54. The number of nitrogens with one attached hydrogen (secondary N) is 2. The molecule has 21 heavy (non-hydrogen) atoms. The summed E-state index contributed by atoms with van der Waals surface area (Å²) in [6, 6.07) is 1.48. The molecule has 1 heterocycles. The van der Waals surface area contributed by atoms with Crippen molar-refractivity contribution in [2.24, 2.45) is 5.92 Å². The monoisotopic (exact) mass is 296 g/mol. The van der Waals surface area contributed by atoms with Gasteiger partial charge in [0, 0.05) is 18.7 Å². The van der Waals surface area contributed by atoms with Gasteiger partial charge in [-0.2, -0.15) is 0 Å². The Bertz CT molecular complexity index is 472. The molecule has 0 bridgehead atoms. The number of amides is 2. The Morgan fingerprint density at radius 2 is 2.00 bits per heavy atom. The van der Waals surface area contributed by atoms with Gasteiger partial charge in [-0.05, 0) is 33.4 Å². The molecule has 0 spiro atoms. The number of aryl methyl sites for hydroxylation is 1. The van der Waals surface area contributed by atoms with E-state index in [4.69, 9.17) is 4.52 Å². The van der Waals surface area contributed by atoms with Crippen LogP contribution in [0.5, 0.6) is 0 Å². The van der Waals surface area contributed by atoms with Crippen LogP contribution in [0.1, 0.15) is 26.0 Å². The molecule has 7 heteroatoms. The SMILES string of the molecule is Cc1cc(NC(=O)C(=O)NC(CC(C)C)CN(C)C)no1. The molecule has 2 N–H and O–H groups in total. The number of likely N-dealkylation sites (N-methyl/N-ethyl adjacent to an activating group) is 1. The topological polar surface area (TPSA) is 87.5 Å². The first-order valence-electron chi connectivity index (χ1n) is 6.97. The number of rotatable bonds is 6. The van der Waals surface area contributed by atoms with Gasteiger partial charge < -0.3 is 14.7 Å². The van der Waals surface area contributed by atoms with Gasteiger partial charge in [-0.3, -0.25) is 14.9 Å². The Morgan fingerprint density at radius 3 is 2.48 bits per heavy atom. The van der Waals surface area contributed by atoms with E-state index in [1.54, 1.807) is 13.0 Å². The van der Waals surface area contributed by atoms with Gasteiger partial charge in [-0.25, -0.2) is 0 Å². The summed E-state index contributed by atoms with van der Waals surface area (Å²) >= 11 is 0. The molecule has 0 aromatic carbocycles. The molecule has 0 aliphatic rings. The van der Waals surface area contributed by atoms with Crippen molar-refractivity contribution in [3.63, 3.8) is 0 Å².